The maximum absolute atomic E-state index is 13.3. The first-order valence-corrected chi connectivity index (χ1v) is 11.9. The molecule has 0 saturated carbocycles. The molecule has 4 rings (SSSR count). The number of esters is 2. The van der Waals surface area contributed by atoms with Gasteiger partial charge in [0.15, 0.2) is 0 Å². The fourth-order valence-electron chi connectivity index (χ4n) is 4.36. The Hall–Kier alpha value is -5.13. The fraction of sp³-hybridized carbons (Fsp3) is 0.222. The van der Waals surface area contributed by atoms with E-state index in [-0.39, 0.29) is 23.4 Å². The SMILES string of the molecule is COC(=O)C1=C(C)NC(C)=C(C(=O)OC/C=C/c2ccc(Cn3cnnn3)cc2)C1c1cccc([N+](=O)[O-])c1. The number of hydrogen-bond acceptors (Lipinski definition) is 10. The summed E-state index contributed by atoms with van der Waals surface area (Å²) in [6, 6.07) is 13.6. The van der Waals surface area contributed by atoms with Gasteiger partial charge in [0.2, 0.25) is 0 Å². The Balaban J connectivity index is 1.51. The average molecular weight is 531 g/mol. The van der Waals surface area contributed by atoms with Gasteiger partial charge in [0, 0.05) is 23.5 Å². The number of allylic oxidation sites excluding steroid dienone is 2. The van der Waals surface area contributed by atoms with Gasteiger partial charge < -0.3 is 14.8 Å². The summed E-state index contributed by atoms with van der Waals surface area (Å²) in [4.78, 5) is 36.9. The van der Waals surface area contributed by atoms with Gasteiger partial charge in [-0.1, -0.05) is 42.5 Å². The third-order valence-corrected chi connectivity index (χ3v) is 6.14. The Labute approximate surface area is 223 Å². The van der Waals surface area contributed by atoms with Crippen LogP contribution in [0.4, 0.5) is 5.69 Å². The van der Waals surface area contributed by atoms with Crippen molar-refractivity contribution in [1.29, 1.82) is 0 Å². The minimum atomic E-state index is -0.914. The number of nitro benzene ring substituents is 1. The largest absolute Gasteiger partial charge is 0.466 e. The molecule has 0 bridgehead atoms. The summed E-state index contributed by atoms with van der Waals surface area (Å²) in [6.45, 7) is 3.88. The topological polar surface area (TPSA) is 151 Å². The van der Waals surface area contributed by atoms with Gasteiger partial charge in [-0.2, -0.15) is 0 Å². The Kier molecular flexibility index (Phi) is 8.24. The molecule has 3 aromatic rings. The van der Waals surface area contributed by atoms with Gasteiger partial charge in [-0.05, 0) is 47.0 Å². The molecule has 12 heteroatoms. The molecule has 0 spiro atoms. The summed E-state index contributed by atoms with van der Waals surface area (Å²) in [5, 5.41) is 25.5. The molecule has 1 aliphatic heterocycles. The van der Waals surface area contributed by atoms with E-state index in [4.69, 9.17) is 9.47 Å². The molecule has 0 aliphatic carbocycles. The Morgan fingerprint density at radius 3 is 2.46 bits per heavy atom. The standard InChI is InChI=1S/C27H26N6O6/c1-17-23(26(34)38-3)25(21-7-4-8-22(14-21)33(36)37)24(18(2)29-17)27(35)39-13-5-6-19-9-11-20(12-10-19)15-32-16-28-30-31-32/h4-12,14,16,25,29H,13,15H2,1-3H3/b6-5+. The van der Waals surface area contributed by atoms with E-state index in [0.717, 1.165) is 11.1 Å². The summed E-state index contributed by atoms with van der Waals surface area (Å²) in [7, 11) is 1.24. The number of nitro groups is 1. The van der Waals surface area contributed by atoms with Crippen molar-refractivity contribution in [3.05, 3.63) is 110 Å². The minimum Gasteiger partial charge on any atom is -0.466 e. The average Bonchev–Trinajstić information content (AvgIpc) is 3.44. The summed E-state index contributed by atoms with van der Waals surface area (Å²) >= 11 is 0. The van der Waals surface area contributed by atoms with E-state index in [1.54, 1.807) is 30.7 Å². The predicted octanol–water partition coefficient (Wildman–Crippen LogP) is 3.29. The van der Waals surface area contributed by atoms with Crippen molar-refractivity contribution in [2.45, 2.75) is 26.3 Å². The van der Waals surface area contributed by atoms with Gasteiger partial charge in [0.25, 0.3) is 5.69 Å². The van der Waals surface area contributed by atoms with Crippen LogP contribution in [0.1, 0.15) is 36.5 Å². The van der Waals surface area contributed by atoms with Crippen molar-refractivity contribution in [2.24, 2.45) is 0 Å². The Morgan fingerprint density at radius 2 is 1.82 bits per heavy atom. The van der Waals surface area contributed by atoms with E-state index in [1.807, 2.05) is 30.3 Å². The summed E-state index contributed by atoms with van der Waals surface area (Å²) in [6.07, 6.45) is 5.05. The summed E-state index contributed by atoms with van der Waals surface area (Å²) in [5.41, 5.74) is 3.46. The maximum Gasteiger partial charge on any atom is 0.337 e. The number of non-ortho nitro benzene ring substituents is 1. The summed E-state index contributed by atoms with van der Waals surface area (Å²) < 4.78 is 12.1. The molecule has 2 aromatic carbocycles. The van der Waals surface area contributed by atoms with E-state index in [1.165, 1.54) is 31.6 Å². The van der Waals surface area contributed by atoms with Gasteiger partial charge >= 0.3 is 11.9 Å². The molecule has 1 N–H and O–H groups in total. The normalized spacial score (nSPS) is 15.3. The Bertz CT molecular complexity index is 1470. The number of hydrogen-bond donors (Lipinski definition) is 1. The number of nitrogens with one attached hydrogen (secondary N) is 1. The second-order valence-electron chi connectivity index (χ2n) is 8.73. The molecular weight excluding hydrogens is 504 g/mol. The molecule has 39 heavy (non-hydrogen) atoms. The number of benzene rings is 2. The zero-order valence-corrected chi connectivity index (χ0v) is 21.5. The van der Waals surface area contributed by atoms with E-state index >= 15 is 0 Å². The quantitative estimate of drug-likeness (QED) is 0.248. The monoisotopic (exact) mass is 530 g/mol. The van der Waals surface area contributed by atoms with Crippen molar-refractivity contribution in [3.63, 3.8) is 0 Å². The van der Waals surface area contributed by atoms with Crippen LogP contribution >= 0.6 is 0 Å². The molecule has 0 radical (unpaired) electrons. The van der Waals surface area contributed by atoms with Crippen LogP contribution in [0.25, 0.3) is 6.08 Å². The molecule has 0 saturated heterocycles. The number of carbonyl (C=O) groups excluding carboxylic acids is 2. The lowest BCUT2D eigenvalue weighted by molar-refractivity contribution is -0.384. The van der Waals surface area contributed by atoms with Crippen LogP contribution in [0.15, 0.2) is 83.5 Å². The summed E-state index contributed by atoms with van der Waals surface area (Å²) in [5.74, 6) is -2.23. The number of nitrogens with zero attached hydrogens (tertiary/aromatic N) is 5. The molecule has 0 amide bonds. The zero-order chi connectivity index (χ0) is 27.9. The van der Waals surface area contributed by atoms with E-state index in [2.05, 4.69) is 20.8 Å². The highest BCUT2D eigenvalue weighted by Crippen LogP contribution is 2.40. The highest BCUT2D eigenvalue weighted by atomic mass is 16.6. The molecule has 0 fully saturated rings. The Morgan fingerprint density at radius 1 is 1.10 bits per heavy atom. The first-order chi connectivity index (χ1) is 18.8. The second-order valence-corrected chi connectivity index (χ2v) is 8.73. The van der Waals surface area contributed by atoms with Crippen LogP contribution in [0.5, 0.6) is 0 Å². The van der Waals surface area contributed by atoms with Crippen molar-refractivity contribution >= 4 is 23.7 Å². The number of dihydropyridines is 1. The fourth-order valence-corrected chi connectivity index (χ4v) is 4.36. The van der Waals surface area contributed by atoms with Gasteiger partial charge in [0.1, 0.15) is 12.9 Å². The molecule has 1 aliphatic rings. The highest BCUT2D eigenvalue weighted by Gasteiger charge is 2.38. The lowest BCUT2D eigenvalue weighted by Crippen LogP contribution is -2.32. The van der Waals surface area contributed by atoms with Gasteiger partial charge in [-0.15, -0.1) is 5.10 Å². The van der Waals surface area contributed by atoms with Crippen LogP contribution in [0.2, 0.25) is 0 Å². The lowest BCUT2D eigenvalue weighted by atomic mass is 9.80. The van der Waals surface area contributed by atoms with Crippen molar-refractivity contribution < 1.29 is 24.0 Å². The number of aromatic nitrogens is 4. The third kappa shape index (κ3) is 6.24. The molecular formula is C27H26N6O6. The van der Waals surface area contributed by atoms with Crippen LogP contribution in [0.3, 0.4) is 0 Å². The molecule has 1 unspecified atom stereocenters. The second kappa shape index (κ2) is 11.9. The molecule has 200 valence electrons. The number of methoxy groups -OCH3 is 1. The molecule has 12 nitrogen and oxygen atoms in total. The first-order valence-electron chi connectivity index (χ1n) is 11.9. The van der Waals surface area contributed by atoms with Crippen molar-refractivity contribution in [3.8, 4) is 0 Å². The van der Waals surface area contributed by atoms with Crippen molar-refractivity contribution in [1.82, 2.24) is 25.5 Å². The zero-order valence-electron chi connectivity index (χ0n) is 21.5. The molecule has 1 atom stereocenters. The van der Waals surface area contributed by atoms with Gasteiger partial charge in [0.05, 0.1) is 35.6 Å². The van der Waals surface area contributed by atoms with Crippen LogP contribution < -0.4 is 5.32 Å². The highest BCUT2D eigenvalue weighted by molar-refractivity contribution is 6.00. The third-order valence-electron chi connectivity index (χ3n) is 6.14. The predicted molar refractivity (Wildman–Crippen MR) is 140 cm³/mol. The van der Waals surface area contributed by atoms with E-state index in [0.29, 0.717) is 23.5 Å². The maximum atomic E-state index is 13.3. The van der Waals surface area contributed by atoms with Crippen LogP contribution in [0, 0.1) is 10.1 Å². The number of tetrazole rings is 1. The van der Waals surface area contributed by atoms with E-state index < -0.39 is 22.8 Å². The van der Waals surface area contributed by atoms with Crippen LogP contribution in [-0.2, 0) is 25.6 Å². The first kappa shape index (κ1) is 26.9. The van der Waals surface area contributed by atoms with Gasteiger partial charge in [-0.25, -0.2) is 14.3 Å². The lowest BCUT2D eigenvalue weighted by Gasteiger charge is -2.30. The van der Waals surface area contributed by atoms with E-state index in [9.17, 15) is 19.7 Å². The number of ether oxygens (including phenoxy) is 2. The number of carbonyl (C=O) groups is 2. The van der Waals surface area contributed by atoms with Crippen LogP contribution in [-0.4, -0.2) is 50.8 Å². The molecule has 1 aromatic heterocycles. The van der Waals surface area contributed by atoms with Crippen molar-refractivity contribution in [2.75, 3.05) is 13.7 Å². The minimum absolute atomic E-state index is 0.0279. The number of rotatable bonds is 9. The molecule has 2 heterocycles. The van der Waals surface area contributed by atoms with Gasteiger partial charge in [-0.3, -0.25) is 10.1 Å². The smallest absolute Gasteiger partial charge is 0.337 e.